The van der Waals surface area contributed by atoms with Gasteiger partial charge in [0.2, 0.25) is 11.8 Å². The van der Waals surface area contributed by atoms with E-state index in [1.54, 1.807) is 0 Å². The van der Waals surface area contributed by atoms with E-state index in [9.17, 15) is 9.59 Å². The Labute approximate surface area is 123 Å². The highest BCUT2D eigenvalue weighted by Gasteiger charge is 2.46. The predicted octanol–water partition coefficient (Wildman–Crippen LogP) is 2.72. The van der Waals surface area contributed by atoms with E-state index in [0.29, 0.717) is 18.8 Å². The van der Waals surface area contributed by atoms with Crippen molar-refractivity contribution in [2.24, 2.45) is 5.92 Å². The number of amides is 2. The Bertz CT molecular complexity index is 361. The van der Waals surface area contributed by atoms with Crippen LogP contribution in [0.15, 0.2) is 0 Å². The van der Waals surface area contributed by atoms with Crippen molar-refractivity contribution >= 4 is 11.8 Å². The number of carbonyl (C=O) groups is 2. The molecule has 1 aliphatic heterocycles. The molecule has 20 heavy (non-hydrogen) atoms. The highest BCUT2D eigenvalue weighted by Crippen LogP contribution is 2.31. The second-order valence-corrected chi connectivity index (χ2v) is 6.53. The molecule has 2 atom stereocenters. The van der Waals surface area contributed by atoms with Crippen LogP contribution in [0.3, 0.4) is 0 Å². The number of nitrogens with zero attached hydrogens (tertiary/aromatic N) is 1. The second kappa shape index (κ2) is 6.59. The summed E-state index contributed by atoms with van der Waals surface area (Å²) < 4.78 is 0. The van der Waals surface area contributed by atoms with Gasteiger partial charge >= 0.3 is 0 Å². The fraction of sp³-hybridized carbons (Fsp3) is 0.875. The van der Waals surface area contributed by atoms with Crippen molar-refractivity contribution in [2.75, 3.05) is 0 Å². The number of piperazine rings is 1. The summed E-state index contributed by atoms with van der Waals surface area (Å²) in [5.41, 5.74) is -0.231. The number of hydrogen-bond donors (Lipinski definition) is 1. The lowest BCUT2D eigenvalue weighted by Gasteiger charge is -2.49. The van der Waals surface area contributed by atoms with Crippen molar-refractivity contribution in [1.29, 1.82) is 0 Å². The molecule has 0 radical (unpaired) electrons. The van der Waals surface area contributed by atoms with Crippen LogP contribution in [0.4, 0.5) is 0 Å². The summed E-state index contributed by atoms with van der Waals surface area (Å²) in [5, 5.41) is 2.92. The van der Waals surface area contributed by atoms with Gasteiger partial charge in [0.05, 0.1) is 0 Å². The third-order valence-corrected chi connectivity index (χ3v) is 4.67. The van der Waals surface area contributed by atoms with E-state index in [1.165, 1.54) is 0 Å². The van der Waals surface area contributed by atoms with Crippen molar-refractivity contribution < 1.29 is 9.59 Å². The van der Waals surface area contributed by atoms with E-state index in [1.807, 2.05) is 11.8 Å². The van der Waals surface area contributed by atoms with Crippen molar-refractivity contribution in [3.63, 3.8) is 0 Å². The van der Waals surface area contributed by atoms with Crippen LogP contribution in [0.1, 0.15) is 67.2 Å². The molecule has 1 saturated heterocycles. The minimum Gasteiger partial charge on any atom is -0.342 e. The average molecular weight is 282 g/mol. The van der Waals surface area contributed by atoms with Gasteiger partial charge in [-0.2, -0.15) is 0 Å². The Balaban J connectivity index is 3.12. The Morgan fingerprint density at radius 3 is 2.15 bits per heavy atom. The number of hydrogen-bond acceptors (Lipinski definition) is 2. The van der Waals surface area contributed by atoms with Gasteiger partial charge in [0.15, 0.2) is 0 Å². The van der Waals surface area contributed by atoms with Crippen LogP contribution < -0.4 is 5.32 Å². The normalized spacial score (nSPS) is 24.2. The summed E-state index contributed by atoms with van der Waals surface area (Å²) in [6.45, 7) is 12.4. The summed E-state index contributed by atoms with van der Waals surface area (Å²) >= 11 is 0. The topological polar surface area (TPSA) is 49.4 Å². The van der Waals surface area contributed by atoms with Gasteiger partial charge in [-0.25, -0.2) is 0 Å². The summed E-state index contributed by atoms with van der Waals surface area (Å²) in [5.74, 6) is 0.487. The largest absolute Gasteiger partial charge is 0.342 e. The second-order valence-electron chi connectivity index (χ2n) is 6.53. The molecule has 0 aromatic rings. The van der Waals surface area contributed by atoms with Crippen LogP contribution in [-0.2, 0) is 9.59 Å². The van der Waals surface area contributed by atoms with Gasteiger partial charge < -0.3 is 10.2 Å². The maximum atomic E-state index is 12.9. The number of carbonyl (C=O) groups excluding carboxylic acids is 2. The Morgan fingerprint density at radius 1 is 1.20 bits per heavy atom. The first-order chi connectivity index (χ1) is 9.30. The minimum atomic E-state index is -0.359. The molecule has 1 heterocycles. The molecule has 0 aliphatic carbocycles. The van der Waals surface area contributed by atoms with Crippen LogP contribution in [-0.4, -0.2) is 34.3 Å². The van der Waals surface area contributed by atoms with Crippen LogP contribution in [0, 0.1) is 5.92 Å². The third kappa shape index (κ3) is 3.15. The molecule has 4 nitrogen and oxygen atoms in total. The molecule has 0 aromatic heterocycles. The molecule has 1 aliphatic rings. The lowest BCUT2D eigenvalue weighted by molar-refractivity contribution is -0.157. The summed E-state index contributed by atoms with van der Waals surface area (Å²) in [4.78, 5) is 27.1. The highest BCUT2D eigenvalue weighted by molar-refractivity contribution is 5.97. The van der Waals surface area contributed by atoms with E-state index in [4.69, 9.17) is 0 Å². The first-order valence-electron chi connectivity index (χ1n) is 7.94. The van der Waals surface area contributed by atoms with Crippen LogP contribution in [0.5, 0.6) is 0 Å². The third-order valence-electron chi connectivity index (χ3n) is 4.67. The van der Waals surface area contributed by atoms with Crippen molar-refractivity contribution in [2.45, 2.75) is 84.8 Å². The summed E-state index contributed by atoms with van der Waals surface area (Å²) in [7, 11) is 0. The first kappa shape index (κ1) is 17.0. The molecule has 2 unspecified atom stereocenters. The monoisotopic (exact) mass is 282 g/mol. The SMILES string of the molecule is CCC1C(=O)NC(CC(C)C)C(=O)N1C(C)(CC)CC. The quantitative estimate of drug-likeness (QED) is 0.814. The molecule has 4 heteroatoms. The standard InChI is InChI=1S/C16H30N2O2/c1-7-13-14(19)17-12(10-11(4)5)15(20)18(13)16(6,8-2)9-3/h11-13H,7-10H2,1-6H3,(H,17,19). The zero-order chi connectivity index (χ0) is 15.5. The predicted molar refractivity (Wildman–Crippen MR) is 81.3 cm³/mol. The maximum Gasteiger partial charge on any atom is 0.246 e. The van der Waals surface area contributed by atoms with E-state index in [-0.39, 0.29) is 29.4 Å². The minimum absolute atomic E-state index is 0.00544. The van der Waals surface area contributed by atoms with Gasteiger partial charge in [-0.1, -0.05) is 34.6 Å². The molecule has 0 saturated carbocycles. The van der Waals surface area contributed by atoms with Crippen LogP contribution in [0.2, 0.25) is 0 Å². The smallest absolute Gasteiger partial charge is 0.246 e. The maximum absolute atomic E-state index is 12.9. The van der Waals surface area contributed by atoms with Gasteiger partial charge in [0.1, 0.15) is 12.1 Å². The van der Waals surface area contributed by atoms with Gasteiger partial charge in [0.25, 0.3) is 0 Å². The van der Waals surface area contributed by atoms with Gasteiger partial charge in [-0.3, -0.25) is 9.59 Å². The molecule has 1 rings (SSSR count). The van der Waals surface area contributed by atoms with Gasteiger partial charge in [-0.15, -0.1) is 0 Å². The molecule has 0 bridgehead atoms. The first-order valence-corrected chi connectivity index (χ1v) is 7.94. The van der Waals surface area contributed by atoms with Gasteiger partial charge in [0, 0.05) is 5.54 Å². The molecular formula is C16H30N2O2. The zero-order valence-electron chi connectivity index (χ0n) is 13.8. The lowest BCUT2D eigenvalue weighted by Crippen LogP contribution is -2.68. The molecule has 1 N–H and O–H groups in total. The van der Waals surface area contributed by atoms with E-state index < -0.39 is 0 Å². The zero-order valence-corrected chi connectivity index (χ0v) is 13.8. The van der Waals surface area contributed by atoms with Crippen LogP contribution >= 0.6 is 0 Å². The number of nitrogens with one attached hydrogen (secondary N) is 1. The van der Waals surface area contributed by atoms with Gasteiger partial charge in [-0.05, 0) is 38.5 Å². The molecule has 0 spiro atoms. The van der Waals surface area contributed by atoms with E-state index >= 15 is 0 Å². The van der Waals surface area contributed by atoms with Crippen LogP contribution in [0.25, 0.3) is 0 Å². The van der Waals surface area contributed by atoms with Crippen molar-refractivity contribution in [3.8, 4) is 0 Å². The highest BCUT2D eigenvalue weighted by atomic mass is 16.2. The molecule has 2 amide bonds. The molecular weight excluding hydrogens is 252 g/mol. The van der Waals surface area contributed by atoms with Crippen molar-refractivity contribution in [1.82, 2.24) is 10.2 Å². The fourth-order valence-corrected chi connectivity index (χ4v) is 3.00. The molecule has 116 valence electrons. The lowest BCUT2D eigenvalue weighted by atomic mass is 9.87. The fourth-order valence-electron chi connectivity index (χ4n) is 3.00. The average Bonchev–Trinajstić information content (AvgIpc) is 2.40. The van der Waals surface area contributed by atoms with Crippen molar-refractivity contribution in [3.05, 3.63) is 0 Å². The Kier molecular flexibility index (Phi) is 5.60. The van der Waals surface area contributed by atoms with E-state index in [0.717, 1.165) is 12.8 Å². The number of rotatable bonds is 6. The summed E-state index contributed by atoms with van der Waals surface area (Å²) in [6.07, 6.45) is 3.11. The molecule has 1 fully saturated rings. The molecule has 0 aromatic carbocycles. The Hall–Kier alpha value is -1.06. The van der Waals surface area contributed by atoms with E-state index in [2.05, 4.69) is 39.9 Å². The summed E-state index contributed by atoms with van der Waals surface area (Å²) in [6, 6.07) is -0.682. The Morgan fingerprint density at radius 2 is 1.75 bits per heavy atom.